The summed E-state index contributed by atoms with van der Waals surface area (Å²) in [6.45, 7) is 1.77. The molecule has 4 nitrogen and oxygen atoms in total. The van der Waals surface area contributed by atoms with Crippen LogP contribution in [0.25, 0.3) is 0 Å². The highest BCUT2D eigenvalue weighted by Gasteiger charge is 2.17. The van der Waals surface area contributed by atoms with Gasteiger partial charge in [0, 0.05) is 19.2 Å². The molecule has 18 heavy (non-hydrogen) atoms. The largest absolute Gasteiger partial charge is 0.352 e. The minimum absolute atomic E-state index is 0.416. The van der Waals surface area contributed by atoms with Crippen LogP contribution in [0.1, 0.15) is 16.8 Å². The zero-order valence-electron chi connectivity index (χ0n) is 9.87. The Morgan fingerprint density at radius 2 is 2.00 bits per heavy atom. The van der Waals surface area contributed by atoms with Crippen molar-refractivity contribution in [3.05, 3.63) is 53.5 Å². The number of nitrogens with zero attached hydrogens (tertiary/aromatic N) is 4. The van der Waals surface area contributed by atoms with E-state index in [1.807, 2.05) is 6.07 Å². The SMILES string of the molecule is N#Cc1cc(N2CCc3ccccc3C2)ncn1. The minimum atomic E-state index is 0.416. The van der Waals surface area contributed by atoms with Crippen molar-refractivity contribution < 1.29 is 0 Å². The summed E-state index contributed by atoms with van der Waals surface area (Å²) in [5.74, 6) is 0.830. The summed E-state index contributed by atoms with van der Waals surface area (Å²) in [6, 6.07) is 12.2. The number of nitriles is 1. The van der Waals surface area contributed by atoms with Gasteiger partial charge in [-0.25, -0.2) is 9.97 Å². The second kappa shape index (κ2) is 4.46. The third-order valence-corrected chi connectivity index (χ3v) is 3.22. The van der Waals surface area contributed by atoms with Crippen molar-refractivity contribution in [3.63, 3.8) is 0 Å². The first kappa shape index (κ1) is 10.7. The Morgan fingerprint density at radius 3 is 2.83 bits per heavy atom. The number of benzene rings is 1. The molecule has 0 bridgehead atoms. The van der Waals surface area contributed by atoms with Crippen molar-refractivity contribution in [1.29, 1.82) is 5.26 Å². The van der Waals surface area contributed by atoms with E-state index in [4.69, 9.17) is 5.26 Å². The number of aromatic nitrogens is 2. The van der Waals surface area contributed by atoms with E-state index >= 15 is 0 Å². The van der Waals surface area contributed by atoms with Crippen LogP contribution in [-0.4, -0.2) is 16.5 Å². The summed E-state index contributed by atoms with van der Waals surface area (Å²) in [5, 5.41) is 8.86. The Kier molecular flexibility index (Phi) is 2.66. The first-order valence-electron chi connectivity index (χ1n) is 5.91. The standard InChI is InChI=1S/C14H12N4/c15-8-13-7-14(17-10-16-13)18-6-5-11-3-1-2-4-12(11)9-18/h1-4,7,10H,5-6,9H2. The van der Waals surface area contributed by atoms with Crippen molar-refractivity contribution in [1.82, 2.24) is 9.97 Å². The van der Waals surface area contributed by atoms with E-state index in [0.29, 0.717) is 5.69 Å². The molecular formula is C14H12N4. The zero-order chi connectivity index (χ0) is 12.4. The smallest absolute Gasteiger partial charge is 0.145 e. The Balaban J connectivity index is 1.90. The molecule has 0 atom stereocenters. The number of rotatable bonds is 1. The summed E-state index contributed by atoms with van der Waals surface area (Å²) < 4.78 is 0. The first-order chi connectivity index (χ1) is 8.86. The molecule has 3 rings (SSSR count). The Bertz CT molecular complexity index is 615. The minimum Gasteiger partial charge on any atom is -0.352 e. The van der Waals surface area contributed by atoms with E-state index in [2.05, 4.69) is 39.1 Å². The molecule has 1 aliphatic heterocycles. The van der Waals surface area contributed by atoms with Gasteiger partial charge in [0.25, 0.3) is 0 Å². The van der Waals surface area contributed by atoms with Gasteiger partial charge in [-0.2, -0.15) is 5.26 Å². The number of hydrogen-bond donors (Lipinski definition) is 0. The average molecular weight is 236 g/mol. The summed E-state index contributed by atoms with van der Waals surface area (Å²) in [7, 11) is 0. The second-order valence-electron chi connectivity index (χ2n) is 4.31. The van der Waals surface area contributed by atoms with Crippen LogP contribution in [-0.2, 0) is 13.0 Å². The monoisotopic (exact) mass is 236 g/mol. The normalized spacial score (nSPS) is 13.8. The van der Waals surface area contributed by atoms with Crippen LogP contribution in [0.4, 0.5) is 5.82 Å². The molecule has 0 fully saturated rings. The molecule has 2 aromatic rings. The fourth-order valence-electron chi connectivity index (χ4n) is 2.27. The molecule has 1 aromatic carbocycles. The molecule has 1 aliphatic rings. The van der Waals surface area contributed by atoms with Gasteiger partial charge in [0.05, 0.1) is 0 Å². The highest BCUT2D eigenvalue weighted by atomic mass is 15.2. The zero-order valence-corrected chi connectivity index (χ0v) is 9.87. The lowest BCUT2D eigenvalue weighted by Crippen LogP contribution is -2.31. The van der Waals surface area contributed by atoms with E-state index in [-0.39, 0.29) is 0 Å². The van der Waals surface area contributed by atoms with Crippen LogP contribution in [0.5, 0.6) is 0 Å². The fourth-order valence-corrected chi connectivity index (χ4v) is 2.27. The van der Waals surface area contributed by atoms with Gasteiger partial charge in [-0.05, 0) is 17.5 Å². The number of hydrogen-bond acceptors (Lipinski definition) is 4. The number of anilines is 1. The molecule has 1 aromatic heterocycles. The van der Waals surface area contributed by atoms with Crippen LogP contribution in [0, 0.1) is 11.3 Å². The van der Waals surface area contributed by atoms with E-state index in [1.165, 1.54) is 17.5 Å². The van der Waals surface area contributed by atoms with Gasteiger partial charge in [-0.3, -0.25) is 0 Å². The maximum atomic E-state index is 8.86. The summed E-state index contributed by atoms with van der Waals surface area (Å²) in [4.78, 5) is 10.3. The Hall–Kier alpha value is -2.41. The van der Waals surface area contributed by atoms with Gasteiger partial charge < -0.3 is 4.90 Å². The first-order valence-corrected chi connectivity index (χ1v) is 5.91. The van der Waals surface area contributed by atoms with E-state index in [9.17, 15) is 0 Å². The number of fused-ring (bicyclic) bond motifs is 1. The molecular weight excluding hydrogens is 224 g/mol. The van der Waals surface area contributed by atoms with Crippen molar-refractivity contribution in [2.45, 2.75) is 13.0 Å². The van der Waals surface area contributed by atoms with Gasteiger partial charge in [0.1, 0.15) is 23.9 Å². The van der Waals surface area contributed by atoms with Crippen molar-refractivity contribution >= 4 is 5.82 Å². The summed E-state index contributed by atoms with van der Waals surface area (Å²) >= 11 is 0. The lowest BCUT2D eigenvalue weighted by Gasteiger charge is -2.29. The maximum absolute atomic E-state index is 8.86. The molecule has 0 radical (unpaired) electrons. The third-order valence-electron chi connectivity index (χ3n) is 3.22. The summed E-state index contributed by atoms with van der Waals surface area (Å²) in [6.07, 6.45) is 2.47. The maximum Gasteiger partial charge on any atom is 0.145 e. The predicted molar refractivity (Wildman–Crippen MR) is 67.9 cm³/mol. The molecule has 0 N–H and O–H groups in total. The molecule has 2 heterocycles. The quantitative estimate of drug-likeness (QED) is 0.759. The van der Waals surface area contributed by atoms with Gasteiger partial charge in [0.2, 0.25) is 0 Å². The molecule has 4 heteroatoms. The van der Waals surface area contributed by atoms with Crippen molar-refractivity contribution in [2.24, 2.45) is 0 Å². The lowest BCUT2D eigenvalue weighted by atomic mass is 10.00. The van der Waals surface area contributed by atoms with Crippen molar-refractivity contribution in [3.8, 4) is 6.07 Å². The third kappa shape index (κ3) is 1.91. The average Bonchev–Trinajstić information content (AvgIpc) is 2.47. The molecule has 0 spiro atoms. The van der Waals surface area contributed by atoms with Crippen LogP contribution < -0.4 is 4.90 Å². The predicted octanol–water partition coefficient (Wildman–Crippen LogP) is 1.91. The van der Waals surface area contributed by atoms with Crippen LogP contribution >= 0.6 is 0 Å². The topological polar surface area (TPSA) is 52.8 Å². The second-order valence-corrected chi connectivity index (χ2v) is 4.31. The van der Waals surface area contributed by atoms with Crippen LogP contribution in [0.2, 0.25) is 0 Å². The molecule has 0 amide bonds. The lowest BCUT2D eigenvalue weighted by molar-refractivity contribution is 0.719. The van der Waals surface area contributed by atoms with Crippen LogP contribution in [0.3, 0.4) is 0 Å². The van der Waals surface area contributed by atoms with Crippen LogP contribution in [0.15, 0.2) is 36.7 Å². The van der Waals surface area contributed by atoms with E-state index in [1.54, 1.807) is 6.07 Å². The molecule has 88 valence electrons. The van der Waals surface area contributed by atoms with Gasteiger partial charge in [-0.1, -0.05) is 24.3 Å². The highest BCUT2D eigenvalue weighted by Crippen LogP contribution is 2.22. The summed E-state index contributed by atoms with van der Waals surface area (Å²) in [5.41, 5.74) is 3.16. The fraction of sp³-hybridized carbons (Fsp3) is 0.214. The van der Waals surface area contributed by atoms with E-state index in [0.717, 1.165) is 25.3 Å². The van der Waals surface area contributed by atoms with Crippen molar-refractivity contribution in [2.75, 3.05) is 11.4 Å². The Labute approximate surface area is 106 Å². The molecule has 0 saturated heterocycles. The molecule has 0 aliphatic carbocycles. The van der Waals surface area contributed by atoms with Gasteiger partial charge >= 0.3 is 0 Å². The highest BCUT2D eigenvalue weighted by molar-refractivity contribution is 5.46. The van der Waals surface area contributed by atoms with Gasteiger partial charge in [0.15, 0.2) is 0 Å². The van der Waals surface area contributed by atoms with E-state index < -0.39 is 0 Å². The van der Waals surface area contributed by atoms with Gasteiger partial charge in [-0.15, -0.1) is 0 Å². The Morgan fingerprint density at radius 1 is 1.17 bits per heavy atom. The molecule has 0 saturated carbocycles. The molecule has 0 unspecified atom stereocenters.